The number of rotatable bonds is 14. The van der Waals surface area contributed by atoms with Gasteiger partial charge >= 0.3 is 0 Å². The summed E-state index contributed by atoms with van der Waals surface area (Å²) in [6.45, 7) is 7.04. The van der Waals surface area contributed by atoms with Crippen LogP contribution in [0.2, 0.25) is 0 Å². The highest BCUT2D eigenvalue weighted by atomic mass is 16.5. The summed E-state index contributed by atoms with van der Waals surface area (Å²) in [4.78, 5) is 0. The molecule has 4 heteroatoms. The van der Waals surface area contributed by atoms with Gasteiger partial charge in [0.2, 0.25) is 0 Å². The molecule has 166 valence electrons. The second-order valence-electron chi connectivity index (χ2n) is 7.95. The zero-order chi connectivity index (χ0) is 21.8. The molecule has 0 spiro atoms. The lowest BCUT2D eigenvalue weighted by atomic mass is 9.85. The van der Waals surface area contributed by atoms with Gasteiger partial charge in [-0.25, -0.2) is 0 Å². The standard InChI is InChI=1S/C26H38O4/c1-4-5-6-7-8-9-24(22-10-12-25(20(2)18-22)29-16-14-27)23-11-13-26(21(3)19-23)30-17-15-28/h10-13,18-19,24,27-28H,4-9,14-17H2,1-3H3. The molecule has 0 aliphatic carbocycles. The van der Waals surface area contributed by atoms with E-state index in [0.29, 0.717) is 19.1 Å². The van der Waals surface area contributed by atoms with E-state index in [1.165, 1.54) is 43.2 Å². The van der Waals surface area contributed by atoms with Crippen molar-refractivity contribution < 1.29 is 19.7 Å². The monoisotopic (exact) mass is 414 g/mol. The van der Waals surface area contributed by atoms with Crippen LogP contribution in [0.5, 0.6) is 11.5 Å². The van der Waals surface area contributed by atoms with Crippen molar-refractivity contribution in [3.05, 3.63) is 58.7 Å². The van der Waals surface area contributed by atoms with Gasteiger partial charge in [0.15, 0.2) is 0 Å². The average molecular weight is 415 g/mol. The summed E-state index contributed by atoms with van der Waals surface area (Å²) in [7, 11) is 0. The van der Waals surface area contributed by atoms with Crippen LogP contribution in [0.25, 0.3) is 0 Å². The second kappa shape index (κ2) is 13.3. The molecule has 4 nitrogen and oxygen atoms in total. The number of hydrogen-bond acceptors (Lipinski definition) is 4. The maximum Gasteiger partial charge on any atom is 0.122 e. The lowest BCUT2D eigenvalue weighted by Gasteiger charge is -2.21. The summed E-state index contributed by atoms with van der Waals surface area (Å²) in [5, 5.41) is 18.0. The number of aliphatic hydroxyl groups excluding tert-OH is 2. The summed E-state index contributed by atoms with van der Waals surface area (Å²) < 4.78 is 11.3. The Labute approximate surface area is 181 Å². The van der Waals surface area contributed by atoms with Gasteiger partial charge in [0.05, 0.1) is 13.2 Å². The minimum atomic E-state index is 0.0194. The summed E-state index contributed by atoms with van der Waals surface area (Å²) in [5.74, 6) is 1.99. The molecule has 0 radical (unpaired) electrons. The highest BCUT2D eigenvalue weighted by Crippen LogP contribution is 2.35. The van der Waals surface area contributed by atoms with Crippen LogP contribution in [-0.2, 0) is 0 Å². The van der Waals surface area contributed by atoms with Crippen LogP contribution in [-0.4, -0.2) is 36.6 Å². The van der Waals surface area contributed by atoms with E-state index in [2.05, 4.69) is 45.0 Å². The van der Waals surface area contributed by atoms with Gasteiger partial charge in [-0.15, -0.1) is 0 Å². The van der Waals surface area contributed by atoms with E-state index in [0.717, 1.165) is 29.0 Å². The predicted octanol–water partition coefficient (Wildman–Crippen LogP) is 5.54. The third kappa shape index (κ3) is 7.33. The number of benzene rings is 2. The molecule has 30 heavy (non-hydrogen) atoms. The van der Waals surface area contributed by atoms with E-state index < -0.39 is 0 Å². The molecule has 0 amide bonds. The van der Waals surface area contributed by atoms with Crippen molar-refractivity contribution in [1.82, 2.24) is 0 Å². The van der Waals surface area contributed by atoms with Gasteiger partial charge in [-0.2, -0.15) is 0 Å². The van der Waals surface area contributed by atoms with Crippen molar-refractivity contribution in [3.8, 4) is 11.5 Å². The molecule has 2 aromatic carbocycles. The van der Waals surface area contributed by atoms with Crippen LogP contribution in [0.15, 0.2) is 36.4 Å². The largest absolute Gasteiger partial charge is 0.491 e. The topological polar surface area (TPSA) is 58.9 Å². The molecular formula is C26H38O4. The normalized spacial score (nSPS) is 11.1. The number of hydrogen-bond donors (Lipinski definition) is 2. The molecule has 0 saturated carbocycles. The lowest BCUT2D eigenvalue weighted by molar-refractivity contribution is 0.200. The van der Waals surface area contributed by atoms with E-state index >= 15 is 0 Å². The Kier molecular flexibility index (Phi) is 10.7. The van der Waals surface area contributed by atoms with Crippen LogP contribution >= 0.6 is 0 Å². The van der Waals surface area contributed by atoms with E-state index in [1.54, 1.807) is 0 Å². The van der Waals surface area contributed by atoms with Crippen LogP contribution < -0.4 is 9.47 Å². The first-order valence-corrected chi connectivity index (χ1v) is 11.3. The summed E-state index contributed by atoms with van der Waals surface area (Å²) in [6, 6.07) is 12.8. The third-order valence-electron chi connectivity index (χ3n) is 5.50. The van der Waals surface area contributed by atoms with Gasteiger partial charge < -0.3 is 19.7 Å². The average Bonchev–Trinajstić information content (AvgIpc) is 2.74. The Morgan fingerprint density at radius 3 is 1.67 bits per heavy atom. The molecule has 2 aromatic rings. The van der Waals surface area contributed by atoms with Gasteiger partial charge in [-0.05, 0) is 54.7 Å². The van der Waals surface area contributed by atoms with E-state index in [9.17, 15) is 0 Å². The molecule has 0 aliphatic heterocycles. The Balaban J connectivity index is 2.24. The number of unbranched alkanes of at least 4 members (excludes halogenated alkanes) is 4. The molecule has 2 rings (SSSR count). The molecule has 0 aliphatic rings. The Hall–Kier alpha value is -2.04. The molecule has 0 atom stereocenters. The molecule has 0 unspecified atom stereocenters. The van der Waals surface area contributed by atoms with Gasteiger partial charge in [0.1, 0.15) is 24.7 Å². The summed E-state index contributed by atoms with van der Waals surface area (Å²) in [5.41, 5.74) is 4.78. The quantitative estimate of drug-likeness (QED) is 0.399. The first kappa shape index (κ1) is 24.2. The number of aliphatic hydroxyl groups is 2. The van der Waals surface area contributed by atoms with Gasteiger partial charge in [0.25, 0.3) is 0 Å². The van der Waals surface area contributed by atoms with Gasteiger partial charge in [-0.3, -0.25) is 0 Å². The van der Waals surface area contributed by atoms with Crippen LogP contribution in [0, 0.1) is 13.8 Å². The fraction of sp³-hybridized carbons (Fsp3) is 0.538. The highest BCUT2D eigenvalue weighted by Gasteiger charge is 2.17. The molecule has 2 N–H and O–H groups in total. The highest BCUT2D eigenvalue weighted by molar-refractivity contribution is 5.44. The molecular weight excluding hydrogens is 376 g/mol. The fourth-order valence-corrected chi connectivity index (χ4v) is 3.89. The van der Waals surface area contributed by atoms with Crippen molar-refractivity contribution in [1.29, 1.82) is 0 Å². The predicted molar refractivity (Wildman–Crippen MR) is 123 cm³/mol. The summed E-state index contributed by atoms with van der Waals surface area (Å²) >= 11 is 0. The van der Waals surface area contributed by atoms with Crippen LogP contribution in [0.4, 0.5) is 0 Å². The Bertz CT molecular complexity index is 699. The molecule has 0 bridgehead atoms. The van der Waals surface area contributed by atoms with Crippen LogP contribution in [0.3, 0.4) is 0 Å². The molecule has 0 heterocycles. The van der Waals surface area contributed by atoms with Crippen molar-refractivity contribution >= 4 is 0 Å². The smallest absolute Gasteiger partial charge is 0.122 e. The number of aryl methyl sites for hydroxylation is 2. The maximum atomic E-state index is 9.02. The lowest BCUT2D eigenvalue weighted by Crippen LogP contribution is -2.06. The van der Waals surface area contributed by atoms with E-state index in [4.69, 9.17) is 19.7 Å². The minimum absolute atomic E-state index is 0.0194. The Morgan fingerprint density at radius 2 is 1.23 bits per heavy atom. The zero-order valence-corrected chi connectivity index (χ0v) is 18.8. The molecule has 0 aromatic heterocycles. The van der Waals surface area contributed by atoms with Gasteiger partial charge in [-0.1, -0.05) is 63.3 Å². The molecule has 0 fully saturated rings. The Morgan fingerprint density at radius 1 is 0.733 bits per heavy atom. The van der Waals surface area contributed by atoms with Gasteiger partial charge in [0, 0.05) is 5.92 Å². The van der Waals surface area contributed by atoms with Crippen molar-refractivity contribution in [2.45, 2.75) is 65.2 Å². The fourth-order valence-electron chi connectivity index (χ4n) is 3.89. The first-order chi connectivity index (χ1) is 14.6. The van der Waals surface area contributed by atoms with Crippen LogP contribution in [0.1, 0.15) is 73.6 Å². The second-order valence-corrected chi connectivity index (χ2v) is 7.95. The third-order valence-corrected chi connectivity index (χ3v) is 5.50. The van der Waals surface area contributed by atoms with E-state index in [1.807, 2.05) is 12.1 Å². The van der Waals surface area contributed by atoms with Crippen molar-refractivity contribution in [2.75, 3.05) is 26.4 Å². The van der Waals surface area contributed by atoms with E-state index in [-0.39, 0.29) is 13.2 Å². The zero-order valence-electron chi connectivity index (χ0n) is 18.8. The van der Waals surface area contributed by atoms with Crippen molar-refractivity contribution in [2.24, 2.45) is 0 Å². The van der Waals surface area contributed by atoms with Crippen molar-refractivity contribution in [3.63, 3.8) is 0 Å². The SMILES string of the molecule is CCCCCCCC(c1ccc(OCCO)c(C)c1)c1ccc(OCCO)c(C)c1. The maximum absolute atomic E-state index is 9.02. The summed E-state index contributed by atoms with van der Waals surface area (Å²) in [6.07, 6.45) is 7.43. The number of ether oxygens (including phenoxy) is 2. The minimum Gasteiger partial charge on any atom is -0.491 e. The molecule has 0 saturated heterocycles. The first-order valence-electron chi connectivity index (χ1n) is 11.3.